The average Bonchev–Trinajstić information content (AvgIpc) is 3.85. The number of nitrogens with one attached hydrogen (secondary N) is 3. The van der Waals surface area contributed by atoms with E-state index in [0.717, 1.165) is 18.2 Å². The van der Waals surface area contributed by atoms with Crippen molar-refractivity contribution >= 4 is 58.4 Å². The zero-order valence-corrected chi connectivity index (χ0v) is 36.9. The number of rotatable bonds is 9. The maximum atomic E-state index is 14.9. The number of amides is 4. The smallest absolute Gasteiger partial charge is 0.408 e. The normalized spacial score (nSPS) is 16.6. The highest BCUT2D eigenvalue weighted by Crippen LogP contribution is 2.43. The minimum absolute atomic E-state index is 0.0270. The molecule has 66 heavy (non-hydrogen) atoms. The topological polar surface area (TPSA) is 186 Å². The molecule has 18 heteroatoms. The van der Waals surface area contributed by atoms with Crippen LogP contribution in [0.4, 0.5) is 33.7 Å². The number of benzene rings is 4. The van der Waals surface area contributed by atoms with Crippen LogP contribution in [-0.2, 0) is 46.5 Å². The van der Waals surface area contributed by atoms with E-state index in [1.165, 1.54) is 42.5 Å². The number of anilines is 2. The number of halogens is 6. The third-order valence-corrected chi connectivity index (χ3v) is 11.7. The first-order chi connectivity index (χ1) is 31.4. The summed E-state index contributed by atoms with van der Waals surface area (Å²) >= 11 is 11.5. The van der Waals surface area contributed by atoms with Crippen LogP contribution in [0.25, 0.3) is 0 Å². The first-order valence-electron chi connectivity index (χ1n) is 20.3. The van der Waals surface area contributed by atoms with Crippen LogP contribution in [-0.4, -0.2) is 38.9 Å². The molecule has 0 aliphatic heterocycles. The van der Waals surface area contributed by atoms with E-state index in [4.69, 9.17) is 38.8 Å². The van der Waals surface area contributed by atoms with Gasteiger partial charge in [0.2, 0.25) is 5.91 Å². The molecule has 2 aliphatic rings. The Balaban J connectivity index is 0.000000191. The third-order valence-electron chi connectivity index (χ3n) is 11.1. The molecule has 2 unspecified atom stereocenters. The van der Waals surface area contributed by atoms with E-state index < -0.39 is 58.0 Å². The van der Waals surface area contributed by atoms with Gasteiger partial charge < -0.3 is 31.5 Å². The van der Waals surface area contributed by atoms with Crippen molar-refractivity contribution in [2.45, 2.75) is 63.7 Å². The number of primary amides is 1. The van der Waals surface area contributed by atoms with E-state index in [1.807, 2.05) is 12.1 Å². The maximum Gasteiger partial charge on any atom is 0.408 e. The zero-order valence-electron chi connectivity index (χ0n) is 35.4. The molecule has 8 rings (SSSR count). The number of carbonyl (C=O) groups excluding carboxylic acids is 4. The van der Waals surface area contributed by atoms with Crippen molar-refractivity contribution in [3.8, 4) is 0 Å². The molecule has 4 aromatic carbocycles. The van der Waals surface area contributed by atoms with Crippen molar-refractivity contribution in [3.05, 3.63) is 188 Å². The number of pyridine rings is 2. The number of alkyl carbamates (subject to hydrolysis) is 1. The van der Waals surface area contributed by atoms with Crippen LogP contribution in [0, 0.1) is 23.3 Å². The molecule has 0 saturated carbocycles. The molecule has 0 fully saturated rings. The van der Waals surface area contributed by atoms with E-state index in [9.17, 15) is 36.7 Å². The fourth-order valence-corrected chi connectivity index (χ4v) is 8.03. The van der Waals surface area contributed by atoms with Gasteiger partial charge in [-0.25, -0.2) is 22.4 Å². The van der Waals surface area contributed by atoms with Gasteiger partial charge in [-0.2, -0.15) is 0 Å². The number of carbonyl (C=O) groups is 4. The van der Waals surface area contributed by atoms with Crippen LogP contribution in [0.15, 0.2) is 109 Å². The first-order valence-corrected chi connectivity index (χ1v) is 21.0. The lowest BCUT2D eigenvalue weighted by molar-refractivity contribution is -0.123. The summed E-state index contributed by atoms with van der Waals surface area (Å²) in [5, 5.41) is 16.2. The fourth-order valence-electron chi connectivity index (χ4n) is 7.67. The molecule has 0 radical (unpaired) electrons. The molecule has 2 heterocycles. The number of fused-ring (bicyclic) bond motifs is 2. The van der Waals surface area contributed by atoms with Crippen molar-refractivity contribution in [2.75, 3.05) is 10.6 Å². The summed E-state index contributed by atoms with van der Waals surface area (Å²) in [7, 11) is 0. The second kappa shape index (κ2) is 21.0. The largest absolute Gasteiger partial charge is 0.443 e. The summed E-state index contributed by atoms with van der Waals surface area (Å²) in [4.78, 5) is 57.6. The van der Waals surface area contributed by atoms with Crippen molar-refractivity contribution in [1.82, 2.24) is 15.3 Å². The van der Waals surface area contributed by atoms with Crippen LogP contribution in [0.1, 0.15) is 81.0 Å². The number of nitrogens with zero attached hydrogens (tertiary/aromatic N) is 2. The Morgan fingerprint density at radius 1 is 0.682 bits per heavy atom. The summed E-state index contributed by atoms with van der Waals surface area (Å²) in [6.45, 7) is 3.26. The molecule has 0 saturated heterocycles. The molecule has 2 aliphatic carbocycles. The second-order valence-electron chi connectivity index (χ2n) is 15.6. The number of hydrogen-bond acceptors (Lipinski definition) is 8. The predicted molar refractivity (Wildman–Crippen MR) is 240 cm³/mol. The van der Waals surface area contributed by atoms with Gasteiger partial charge in [-0.1, -0.05) is 35.3 Å². The van der Waals surface area contributed by atoms with E-state index in [1.54, 1.807) is 50.5 Å². The summed E-state index contributed by atoms with van der Waals surface area (Å²) in [5.41, 5.74) is 7.03. The van der Waals surface area contributed by atoms with Crippen molar-refractivity contribution in [2.24, 2.45) is 5.73 Å². The van der Waals surface area contributed by atoms with Gasteiger partial charge in [0.15, 0.2) is 0 Å². The lowest BCUT2D eigenvalue weighted by Gasteiger charge is -2.27. The Bertz CT molecular complexity index is 2790. The van der Waals surface area contributed by atoms with Crippen LogP contribution < -0.4 is 21.7 Å². The lowest BCUT2D eigenvalue weighted by Crippen LogP contribution is -2.42. The summed E-state index contributed by atoms with van der Waals surface area (Å²) < 4.78 is 61.0. The van der Waals surface area contributed by atoms with Crippen LogP contribution in [0.3, 0.4) is 0 Å². The number of ether oxygens (including phenoxy) is 1. The molecule has 6 aromatic rings. The molecule has 4 amide bonds. The molecule has 2 aromatic heterocycles. The highest BCUT2D eigenvalue weighted by atomic mass is 35.5. The Morgan fingerprint density at radius 2 is 1.17 bits per heavy atom. The summed E-state index contributed by atoms with van der Waals surface area (Å²) in [6, 6.07) is 23.4. The molecule has 0 spiro atoms. The van der Waals surface area contributed by atoms with E-state index in [-0.39, 0.29) is 45.5 Å². The standard InChI is InChI=1S/C24H20ClF2N3O3.C18H15ClF2N2O2.C6H7NO/c1-24(30-23(32)33-13-15-4-2-3-11-28-15)10-9-16-17(6-8-20(27)21(16)24)22(31)29-14-5-7-19(26)18(25)12-14;1-18(17(22)25)7-6-10-11(3-5-14(21)15(10)18)16(24)23-9-2-4-13(20)12(19)8-9;8-5-6-3-1-2-4-7-6/h2-8,11-12H,9-10,13H2,1H3,(H,29,31)(H,30,32);2-5,8H,6-7H2,1H3,(H2,22,25)(H,23,24);1-4,8H,5H2. The van der Waals surface area contributed by atoms with Gasteiger partial charge in [-0.15, -0.1) is 0 Å². The minimum atomic E-state index is -1.14. The lowest BCUT2D eigenvalue weighted by atomic mass is 9.82. The summed E-state index contributed by atoms with van der Waals surface area (Å²) in [6.07, 6.45) is 3.98. The molecule has 342 valence electrons. The van der Waals surface area contributed by atoms with Gasteiger partial charge >= 0.3 is 6.09 Å². The maximum absolute atomic E-state index is 14.9. The van der Waals surface area contributed by atoms with E-state index in [2.05, 4.69) is 25.9 Å². The fraction of sp³-hybridized carbons (Fsp3) is 0.208. The molecule has 6 N–H and O–H groups in total. The average molecular weight is 946 g/mol. The number of aliphatic hydroxyl groups excluding tert-OH is 1. The highest BCUT2D eigenvalue weighted by molar-refractivity contribution is 6.31. The highest BCUT2D eigenvalue weighted by Gasteiger charge is 2.44. The van der Waals surface area contributed by atoms with Gasteiger partial charge in [0.05, 0.1) is 39.0 Å². The number of aromatic nitrogens is 2. The molecular formula is C48H42Cl2F4N6O6. The SMILES string of the molecule is CC1(C(N)=O)CCc2c(C(=O)Nc3ccc(F)c(Cl)c3)ccc(F)c21.CC1(NC(=O)OCc2ccccn2)CCc2c(C(=O)Nc3ccc(F)c(Cl)c3)ccc(F)c21.OCc1ccccn1. The van der Waals surface area contributed by atoms with Gasteiger partial charge in [-0.3, -0.25) is 24.4 Å². The van der Waals surface area contributed by atoms with Gasteiger partial charge in [0, 0.05) is 46.0 Å². The quantitative estimate of drug-likeness (QED) is 0.0888. The summed E-state index contributed by atoms with van der Waals surface area (Å²) in [5.74, 6) is -3.91. The van der Waals surface area contributed by atoms with Gasteiger partial charge in [0.25, 0.3) is 11.8 Å². The first kappa shape index (κ1) is 48.6. The van der Waals surface area contributed by atoms with Crippen molar-refractivity contribution in [3.63, 3.8) is 0 Å². The molecule has 12 nitrogen and oxygen atoms in total. The minimum Gasteiger partial charge on any atom is -0.443 e. The third kappa shape index (κ3) is 11.1. The molecule has 0 bridgehead atoms. The van der Waals surface area contributed by atoms with Crippen LogP contribution in [0.5, 0.6) is 0 Å². The number of nitrogens with two attached hydrogens (primary N) is 1. The Labute approximate surface area is 386 Å². The molecule has 2 atom stereocenters. The Morgan fingerprint density at radius 3 is 1.64 bits per heavy atom. The predicted octanol–water partition coefficient (Wildman–Crippen LogP) is 9.49. The zero-order chi connectivity index (χ0) is 47.8. The number of aliphatic hydroxyl groups is 1. The second-order valence-corrected chi connectivity index (χ2v) is 16.4. The number of hydrogen-bond donors (Lipinski definition) is 5. The van der Waals surface area contributed by atoms with Gasteiger partial charge in [0.1, 0.15) is 29.9 Å². The Hall–Kier alpha value is -6.88. The van der Waals surface area contributed by atoms with Crippen molar-refractivity contribution < 1.29 is 46.6 Å². The van der Waals surface area contributed by atoms with Crippen molar-refractivity contribution in [1.29, 1.82) is 0 Å². The van der Waals surface area contributed by atoms with Crippen LogP contribution in [0.2, 0.25) is 10.0 Å². The Kier molecular flexibility index (Phi) is 15.4. The van der Waals surface area contributed by atoms with Crippen LogP contribution >= 0.6 is 23.2 Å². The monoisotopic (exact) mass is 944 g/mol. The van der Waals surface area contributed by atoms with E-state index >= 15 is 0 Å². The molecular weight excluding hydrogens is 903 g/mol. The van der Waals surface area contributed by atoms with E-state index in [0.29, 0.717) is 59.6 Å². The van der Waals surface area contributed by atoms with Gasteiger partial charge in [-0.05, 0) is 136 Å².